The summed E-state index contributed by atoms with van der Waals surface area (Å²) in [5.41, 5.74) is 5.48. The molecular formula is C19H40N2O. The highest BCUT2D eigenvalue weighted by molar-refractivity contribution is 5.71. The van der Waals surface area contributed by atoms with Gasteiger partial charge in [0.2, 0.25) is 0 Å². The molecule has 2 N–H and O–H groups in total. The lowest BCUT2D eigenvalue weighted by Crippen LogP contribution is -2.37. The van der Waals surface area contributed by atoms with Crippen LogP contribution in [0.2, 0.25) is 0 Å². The molecule has 0 spiro atoms. The molecule has 0 fully saturated rings. The van der Waals surface area contributed by atoms with E-state index in [2.05, 4.69) is 13.8 Å². The fourth-order valence-corrected chi connectivity index (χ4v) is 2.85. The highest BCUT2D eigenvalue weighted by Gasteiger charge is 2.08. The van der Waals surface area contributed by atoms with Crippen LogP contribution in [0.15, 0.2) is 0 Å². The molecule has 0 aromatic heterocycles. The molecule has 132 valence electrons. The smallest absolute Gasteiger partial charge is 0.314 e. The summed E-state index contributed by atoms with van der Waals surface area (Å²) in [5, 5.41) is 0. The van der Waals surface area contributed by atoms with Gasteiger partial charge in [-0.15, -0.1) is 0 Å². The topological polar surface area (TPSA) is 46.3 Å². The molecule has 0 saturated carbocycles. The SMILES string of the molecule is CCCCCCCCCCN(CCCCCCCC)C(N)=O. The van der Waals surface area contributed by atoms with Crippen LogP contribution in [0.25, 0.3) is 0 Å². The number of nitrogens with zero attached hydrogens (tertiary/aromatic N) is 1. The Kier molecular flexibility index (Phi) is 16.1. The molecule has 0 unspecified atom stereocenters. The lowest BCUT2D eigenvalue weighted by Gasteiger charge is -2.20. The highest BCUT2D eigenvalue weighted by atomic mass is 16.2. The monoisotopic (exact) mass is 312 g/mol. The zero-order valence-electron chi connectivity index (χ0n) is 15.2. The van der Waals surface area contributed by atoms with Crippen LogP contribution in [-0.4, -0.2) is 24.0 Å². The van der Waals surface area contributed by atoms with E-state index in [1.54, 1.807) is 0 Å². The molecule has 0 aromatic carbocycles. The van der Waals surface area contributed by atoms with Crippen LogP contribution < -0.4 is 5.73 Å². The van der Waals surface area contributed by atoms with E-state index in [9.17, 15) is 4.79 Å². The van der Waals surface area contributed by atoms with Crippen LogP contribution >= 0.6 is 0 Å². The van der Waals surface area contributed by atoms with E-state index in [4.69, 9.17) is 5.73 Å². The van der Waals surface area contributed by atoms with Crippen molar-refractivity contribution in [2.45, 2.75) is 104 Å². The Bertz CT molecular complexity index is 244. The molecule has 2 amide bonds. The van der Waals surface area contributed by atoms with Gasteiger partial charge in [0.25, 0.3) is 0 Å². The van der Waals surface area contributed by atoms with Gasteiger partial charge in [-0.25, -0.2) is 4.79 Å². The van der Waals surface area contributed by atoms with Crippen molar-refractivity contribution in [3.8, 4) is 0 Å². The van der Waals surface area contributed by atoms with Gasteiger partial charge in [-0.2, -0.15) is 0 Å². The van der Waals surface area contributed by atoms with E-state index < -0.39 is 0 Å². The van der Waals surface area contributed by atoms with Gasteiger partial charge in [-0.05, 0) is 12.8 Å². The van der Waals surface area contributed by atoms with Crippen molar-refractivity contribution >= 4 is 6.03 Å². The maximum absolute atomic E-state index is 11.5. The molecule has 0 radical (unpaired) electrons. The number of rotatable bonds is 16. The number of carbonyl (C=O) groups is 1. The molecule has 3 nitrogen and oxygen atoms in total. The number of hydrogen-bond acceptors (Lipinski definition) is 1. The molecule has 0 aliphatic carbocycles. The van der Waals surface area contributed by atoms with E-state index in [0.29, 0.717) is 0 Å². The number of urea groups is 1. The molecule has 0 atom stereocenters. The second-order valence-corrected chi connectivity index (χ2v) is 6.57. The summed E-state index contributed by atoms with van der Waals surface area (Å²) >= 11 is 0. The van der Waals surface area contributed by atoms with Crippen molar-refractivity contribution in [3.05, 3.63) is 0 Å². The van der Waals surface area contributed by atoms with Crippen molar-refractivity contribution in [3.63, 3.8) is 0 Å². The number of nitrogens with two attached hydrogens (primary N) is 1. The first-order valence-electron chi connectivity index (χ1n) is 9.76. The normalized spacial score (nSPS) is 10.8. The largest absolute Gasteiger partial charge is 0.351 e. The maximum Gasteiger partial charge on any atom is 0.314 e. The van der Waals surface area contributed by atoms with Crippen molar-refractivity contribution in [1.82, 2.24) is 4.90 Å². The van der Waals surface area contributed by atoms with Crippen LogP contribution in [0.1, 0.15) is 104 Å². The Hall–Kier alpha value is -0.730. The molecule has 0 aromatic rings. The van der Waals surface area contributed by atoms with E-state index in [1.807, 2.05) is 4.90 Å². The summed E-state index contributed by atoms with van der Waals surface area (Å²) in [4.78, 5) is 13.3. The van der Waals surface area contributed by atoms with Crippen molar-refractivity contribution < 1.29 is 4.79 Å². The van der Waals surface area contributed by atoms with E-state index in [1.165, 1.54) is 77.0 Å². The predicted octanol–water partition coefficient (Wildman–Crippen LogP) is 5.87. The second kappa shape index (κ2) is 16.6. The number of amides is 2. The summed E-state index contributed by atoms with van der Waals surface area (Å²) in [6.07, 6.45) is 17.9. The number of unbranched alkanes of at least 4 members (excludes halogenated alkanes) is 12. The summed E-state index contributed by atoms with van der Waals surface area (Å²) in [5.74, 6) is 0. The number of primary amides is 1. The number of hydrogen-bond donors (Lipinski definition) is 1. The van der Waals surface area contributed by atoms with Crippen LogP contribution in [-0.2, 0) is 0 Å². The summed E-state index contributed by atoms with van der Waals surface area (Å²) in [7, 11) is 0. The molecule has 22 heavy (non-hydrogen) atoms. The zero-order valence-corrected chi connectivity index (χ0v) is 15.2. The average molecular weight is 313 g/mol. The van der Waals surface area contributed by atoms with E-state index in [0.717, 1.165) is 25.9 Å². The quantitative estimate of drug-likeness (QED) is 0.356. The fraction of sp³-hybridized carbons (Fsp3) is 0.947. The Morgan fingerprint density at radius 1 is 0.636 bits per heavy atom. The zero-order chi connectivity index (χ0) is 16.5. The van der Waals surface area contributed by atoms with Gasteiger partial charge >= 0.3 is 6.03 Å². The van der Waals surface area contributed by atoms with E-state index >= 15 is 0 Å². The predicted molar refractivity (Wildman–Crippen MR) is 97.1 cm³/mol. The second-order valence-electron chi connectivity index (χ2n) is 6.57. The van der Waals surface area contributed by atoms with Crippen LogP contribution in [0, 0.1) is 0 Å². The molecule has 0 rings (SSSR count). The van der Waals surface area contributed by atoms with Gasteiger partial charge in [-0.3, -0.25) is 0 Å². The van der Waals surface area contributed by atoms with Crippen LogP contribution in [0.5, 0.6) is 0 Å². The third-order valence-corrected chi connectivity index (χ3v) is 4.37. The third kappa shape index (κ3) is 14.2. The molecule has 0 bridgehead atoms. The van der Waals surface area contributed by atoms with Crippen LogP contribution in [0.3, 0.4) is 0 Å². The van der Waals surface area contributed by atoms with Gasteiger partial charge in [0.1, 0.15) is 0 Å². The molecule has 0 heterocycles. The summed E-state index contributed by atoms with van der Waals surface area (Å²) in [6.45, 7) is 6.18. The minimum Gasteiger partial charge on any atom is -0.351 e. The molecule has 0 saturated heterocycles. The van der Waals surface area contributed by atoms with Crippen molar-refractivity contribution in [1.29, 1.82) is 0 Å². The van der Waals surface area contributed by atoms with Gasteiger partial charge in [0.05, 0.1) is 0 Å². The average Bonchev–Trinajstić information content (AvgIpc) is 2.50. The van der Waals surface area contributed by atoms with E-state index in [-0.39, 0.29) is 6.03 Å². The van der Waals surface area contributed by atoms with Gasteiger partial charge < -0.3 is 10.6 Å². The third-order valence-electron chi connectivity index (χ3n) is 4.37. The standard InChI is InChI=1S/C19H40N2O/c1-3-5-7-9-11-12-14-16-18-21(19(20)22)17-15-13-10-8-6-4-2/h3-18H2,1-2H3,(H2,20,22). The highest BCUT2D eigenvalue weighted by Crippen LogP contribution is 2.10. The first-order valence-corrected chi connectivity index (χ1v) is 9.76. The summed E-state index contributed by atoms with van der Waals surface area (Å²) < 4.78 is 0. The minimum atomic E-state index is -0.239. The first-order chi connectivity index (χ1) is 10.7. The maximum atomic E-state index is 11.5. The molecule has 0 aliphatic heterocycles. The Balaban J connectivity index is 3.50. The lowest BCUT2D eigenvalue weighted by molar-refractivity contribution is 0.204. The fourth-order valence-electron chi connectivity index (χ4n) is 2.85. The lowest BCUT2D eigenvalue weighted by atomic mass is 10.1. The first kappa shape index (κ1) is 21.3. The van der Waals surface area contributed by atoms with Crippen molar-refractivity contribution in [2.75, 3.05) is 13.1 Å². The Morgan fingerprint density at radius 3 is 1.27 bits per heavy atom. The van der Waals surface area contributed by atoms with Gasteiger partial charge in [-0.1, -0.05) is 90.9 Å². The summed E-state index contributed by atoms with van der Waals surface area (Å²) in [6, 6.07) is -0.239. The molecule has 3 heteroatoms. The van der Waals surface area contributed by atoms with Gasteiger partial charge in [0, 0.05) is 13.1 Å². The Labute approximate surface area is 139 Å². The number of carbonyl (C=O) groups excluding carboxylic acids is 1. The van der Waals surface area contributed by atoms with Crippen LogP contribution in [0.4, 0.5) is 4.79 Å². The molecular weight excluding hydrogens is 272 g/mol. The van der Waals surface area contributed by atoms with Crippen molar-refractivity contribution in [2.24, 2.45) is 5.73 Å². The molecule has 0 aliphatic rings. The Morgan fingerprint density at radius 2 is 0.955 bits per heavy atom. The minimum absolute atomic E-state index is 0.239. The van der Waals surface area contributed by atoms with Gasteiger partial charge in [0.15, 0.2) is 0 Å².